The Kier molecular flexibility index (Phi) is 8.10. The van der Waals surface area contributed by atoms with E-state index >= 15 is 0 Å². The Morgan fingerprint density at radius 1 is 1.17 bits per heavy atom. The molecule has 0 saturated heterocycles. The van der Waals surface area contributed by atoms with Gasteiger partial charge in [-0.1, -0.05) is 25.1 Å². The number of fused-ring (bicyclic) bond motifs is 1. The summed E-state index contributed by atoms with van der Waals surface area (Å²) >= 11 is 0. The molecule has 2 N–H and O–H groups in total. The summed E-state index contributed by atoms with van der Waals surface area (Å²) in [5.41, 5.74) is 0.304. The van der Waals surface area contributed by atoms with Crippen molar-refractivity contribution in [2.24, 2.45) is 5.92 Å². The van der Waals surface area contributed by atoms with Crippen LogP contribution in [-0.4, -0.2) is 82.2 Å². The van der Waals surface area contributed by atoms with Gasteiger partial charge >= 0.3 is 0 Å². The second-order valence-electron chi connectivity index (χ2n) is 8.81. The van der Waals surface area contributed by atoms with E-state index in [9.17, 15) is 26.7 Å². The third kappa shape index (κ3) is 6.31. The van der Waals surface area contributed by atoms with Crippen molar-refractivity contribution in [2.45, 2.75) is 30.9 Å². The van der Waals surface area contributed by atoms with Crippen LogP contribution in [0.25, 0.3) is 0 Å². The number of ether oxygens (including phenoxy) is 1. The summed E-state index contributed by atoms with van der Waals surface area (Å²) in [5.74, 6) is -0.510. The smallest absolute Gasteiger partial charge is 0.258 e. The van der Waals surface area contributed by atoms with Gasteiger partial charge in [0.1, 0.15) is 11.9 Å². The molecule has 2 aromatic carbocycles. The third-order valence-electron chi connectivity index (χ3n) is 5.86. The summed E-state index contributed by atoms with van der Waals surface area (Å²) in [6.45, 7) is 3.49. The van der Waals surface area contributed by atoms with Gasteiger partial charge in [-0.15, -0.1) is 0 Å². The molecule has 0 saturated carbocycles. The summed E-state index contributed by atoms with van der Waals surface area (Å²) in [4.78, 5) is 15.0. The van der Waals surface area contributed by atoms with Gasteiger partial charge < -0.3 is 14.7 Å². The van der Waals surface area contributed by atoms with Crippen molar-refractivity contribution in [3.63, 3.8) is 0 Å². The van der Waals surface area contributed by atoms with Crippen LogP contribution in [0.15, 0.2) is 53.4 Å². The first-order chi connectivity index (χ1) is 16.3. The van der Waals surface area contributed by atoms with E-state index in [0.717, 1.165) is 6.26 Å². The maximum absolute atomic E-state index is 13.4. The number of carbonyl (C=O) groups excluding carboxylic acids is 1. The standard InChI is InChI=1S/C23H31N3O7S2/c1-16-13-26(17(2)15-27)23(28)20-12-18(24-34(4,29)30)10-11-21(20)33-22(16)14-25(3)35(31,32)19-8-6-5-7-9-19/h5-12,16-17,22,24,27H,13-15H2,1-4H3/t16-,17-,22+/m1/s1. The lowest BCUT2D eigenvalue weighted by atomic mass is 9.99. The van der Waals surface area contributed by atoms with E-state index in [1.807, 2.05) is 6.92 Å². The molecule has 0 fully saturated rings. The van der Waals surface area contributed by atoms with Gasteiger partial charge in [0.25, 0.3) is 5.91 Å². The zero-order chi connectivity index (χ0) is 26.0. The monoisotopic (exact) mass is 525 g/mol. The number of anilines is 1. The molecule has 3 rings (SSSR count). The minimum Gasteiger partial charge on any atom is -0.488 e. The molecule has 12 heteroatoms. The predicted molar refractivity (Wildman–Crippen MR) is 132 cm³/mol. The number of carbonyl (C=O) groups is 1. The Labute approximate surface area is 206 Å². The Balaban J connectivity index is 1.99. The number of aliphatic hydroxyl groups is 1. The number of hydrogen-bond acceptors (Lipinski definition) is 7. The van der Waals surface area contributed by atoms with E-state index in [2.05, 4.69) is 4.72 Å². The third-order valence-corrected chi connectivity index (χ3v) is 8.30. The Hall–Kier alpha value is -2.67. The van der Waals surface area contributed by atoms with Crippen LogP contribution in [-0.2, 0) is 20.0 Å². The zero-order valence-electron chi connectivity index (χ0n) is 20.1. The molecule has 0 bridgehead atoms. The molecule has 0 spiro atoms. The maximum Gasteiger partial charge on any atom is 0.258 e. The second kappa shape index (κ2) is 10.5. The summed E-state index contributed by atoms with van der Waals surface area (Å²) in [6, 6.07) is 11.9. The number of likely N-dealkylation sites (N-methyl/N-ethyl adjacent to an activating group) is 1. The van der Waals surface area contributed by atoms with Gasteiger partial charge in [0.15, 0.2) is 0 Å². The van der Waals surface area contributed by atoms with E-state index in [-0.39, 0.29) is 47.5 Å². The summed E-state index contributed by atoms with van der Waals surface area (Å²) in [6.07, 6.45) is 0.371. The van der Waals surface area contributed by atoms with Crippen LogP contribution in [0.1, 0.15) is 24.2 Å². The molecule has 1 aliphatic heterocycles. The fourth-order valence-electron chi connectivity index (χ4n) is 3.84. The first-order valence-electron chi connectivity index (χ1n) is 11.0. The second-order valence-corrected chi connectivity index (χ2v) is 12.6. The minimum absolute atomic E-state index is 0.0106. The predicted octanol–water partition coefficient (Wildman–Crippen LogP) is 1.60. The molecule has 1 amide bonds. The van der Waals surface area contributed by atoms with Crippen molar-refractivity contribution < 1.29 is 31.5 Å². The molecule has 192 valence electrons. The lowest BCUT2D eigenvalue weighted by Crippen LogP contribution is -2.50. The van der Waals surface area contributed by atoms with E-state index in [1.165, 1.54) is 46.6 Å². The number of sulfonamides is 2. The summed E-state index contributed by atoms with van der Waals surface area (Å²) in [5, 5.41) is 9.75. The molecular weight excluding hydrogens is 494 g/mol. The maximum atomic E-state index is 13.4. The lowest BCUT2D eigenvalue weighted by Gasteiger charge is -2.38. The number of aliphatic hydroxyl groups excluding tert-OH is 1. The number of amides is 1. The number of nitrogens with zero attached hydrogens (tertiary/aromatic N) is 2. The van der Waals surface area contributed by atoms with E-state index < -0.39 is 38.1 Å². The van der Waals surface area contributed by atoms with Gasteiger partial charge in [0, 0.05) is 25.2 Å². The molecule has 2 aromatic rings. The highest BCUT2D eigenvalue weighted by atomic mass is 32.2. The van der Waals surface area contributed by atoms with E-state index in [4.69, 9.17) is 4.74 Å². The quantitative estimate of drug-likeness (QED) is 0.535. The molecule has 3 atom stereocenters. The number of benzene rings is 2. The minimum atomic E-state index is -3.78. The van der Waals surface area contributed by atoms with Crippen molar-refractivity contribution in [1.82, 2.24) is 9.21 Å². The largest absolute Gasteiger partial charge is 0.488 e. The summed E-state index contributed by atoms with van der Waals surface area (Å²) < 4.78 is 59.2. The van der Waals surface area contributed by atoms with Crippen molar-refractivity contribution in [1.29, 1.82) is 0 Å². The molecule has 0 aromatic heterocycles. The van der Waals surface area contributed by atoms with Gasteiger partial charge in [-0.3, -0.25) is 9.52 Å². The van der Waals surface area contributed by atoms with Crippen molar-refractivity contribution >= 4 is 31.6 Å². The molecule has 0 unspecified atom stereocenters. The van der Waals surface area contributed by atoms with Crippen LogP contribution in [0.2, 0.25) is 0 Å². The lowest BCUT2D eigenvalue weighted by molar-refractivity contribution is 0.0387. The van der Waals surface area contributed by atoms with Gasteiger partial charge in [-0.25, -0.2) is 16.8 Å². The molecular formula is C23H31N3O7S2. The van der Waals surface area contributed by atoms with Gasteiger partial charge in [0.05, 0.1) is 35.9 Å². The number of hydrogen-bond donors (Lipinski definition) is 2. The van der Waals surface area contributed by atoms with Gasteiger partial charge in [0.2, 0.25) is 20.0 Å². The van der Waals surface area contributed by atoms with Crippen LogP contribution < -0.4 is 9.46 Å². The van der Waals surface area contributed by atoms with Crippen LogP contribution in [0.4, 0.5) is 5.69 Å². The number of nitrogens with one attached hydrogen (secondary N) is 1. The molecule has 0 radical (unpaired) electrons. The molecule has 1 heterocycles. The molecule has 1 aliphatic rings. The van der Waals surface area contributed by atoms with Crippen LogP contribution in [0, 0.1) is 5.92 Å². The topological polar surface area (TPSA) is 133 Å². The SMILES string of the molecule is C[C@@H]1CN([C@H](C)CO)C(=O)c2cc(NS(C)(=O)=O)ccc2O[C@H]1CN(C)S(=O)(=O)c1ccccc1. The summed E-state index contributed by atoms with van der Waals surface area (Å²) in [7, 11) is -5.89. The van der Waals surface area contributed by atoms with Gasteiger partial charge in [-0.2, -0.15) is 4.31 Å². The fraction of sp³-hybridized carbons (Fsp3) is 0.435. The number of rotatable bonds is 8. The average molecular weight is 526 g/mol. The first kappa shape index (κ1) is 26.9. The average Bonchev–Trinajstić information content (AvgIpc) is 2.80. The normalized spacial score (nSPS) is 19.9. The van der Waals surface area contributed by atoms with Crippen molar-refractivity contribution in [3.8, 4) is 5.75 Å². The Morgan fingerprint density at radius 2 is 1.83 bits per heavy atom. The Bertz CT molecular complexity index is 1270. The highest BCUT2D eigenvalue weighted by molar-refractivity contribution is 7.92. The van der Waals surface area contributed by atoms with Crippen molar-refractivity contribution in [2.75, 3.05) is 37.7 Å². The fourth-order valence-corrected chi connectivity index (χ4v) is 5.60. The van der Waals surface area contributed by atoms with Crippen LogP contribution >= 0.6 is 0 Å². The van der Waals surface area contributed by atoms with E-state index in [1.54, 1.807) is 25.1 Å². The van der Waals surface area contributed by atoms with Crippen molar-refractivity contribution in [3.05, 3.63) is 54.1 Å². The highest BCUT2D eigenvalue weighted by Gasteiger charge is 2.35. The first-order valence-corrected chi connectivity index (χ1v) is 14.4. The zero-order valence-corrected chi connectivity index (χ0v) is 21.7. The molecule has 0 aliphatic carbocycles. The van der Waals surface area contributed by atoms with Crippen LogP contribution in [0.5, 0.6) is 5.75 Å². The van der Waals surface area contributed by atoms with Gasteiger partial charge in [-0.05, 0) is 37.3 Å². The molecule has 35 heavy (non-hydrogen) atoms. The molecule has 10 nitrogen and oxygen atoms in total. The van der Waals surface area contributed by atoms with E-state index in [0.29, 0.717) is 0 Å². The van der Waals surface area contributed by atoms with Crippen LogP contribution in [0.3, 0.4) is 0 Å². The Morgan fingerprint density at radius 3 is 2.43 bits per heavy atom. The highest BCUT2D eigenvalue weighted by Crippen LogP contribution is 2.31.